The zero-order valence-electron chi connectivity index (χ0n) is 11.3. The molecule has 0 amide bonds. The molecule has 0 fully saturated rings. The Hall–Kier alpha value is -0.220. The van der Waals surface area contributed by atoms with Gasteiger partial charge in [0.1, 0.15) is 0 Å². The molecule has 102 valence electrons. The van der Waals surface area contributed by atoms with Crippen LogP contribution in [0.4, 0.5) is 0 Å². The van der Waals surface area contributed by atoms with Gasteiger partial charge in [-0.15, -0.1) is 0 Å². The van der Waals surface area contributed by atoms with Gasteiger partial charge in [0, 0.05) is 5.33 Å². The Morgan fingerprint density at radius 3 is 2.39 bits per heavy atom. The van der Waals surface area contributed by atoms with E-state index in [0.717, 1.165) is 33.3 Å². The lowest BCUT2D eigenvalue weighted by atomic mass is 10.1. The summed E-state index contributed by atoms with van der Waals surface area (Å²) in [4.78, 5) is 0. The topological polar surface area (TPSA) is 18.5 Å². The van der Waals surface area contributed by atoms with E-state index in [1.165, 1.54) is 0 Å². The lowest BCUT2D eigenvalue weighted by molar-refractivity contribution is 0.184. The van der Waals surface area contributed by atoms with E-state index in [1.54, 1.807) is 7.11 Å². The van der Waals surface area contributed by atoms with Crippen LogP contribution in [0.5, 0.6) is 11.5 Å². The van der Waals surface area contributed by atoms with Crippen LogP contribution >= 0.6 is 31.9 Å². The average molecular weight is 380 g/mol. The van der Waals surface area contributed by atoms with Crippen molar-refractivity contribution >= 4 is 31.9 Å². The predicted octanol–water partition coefficient (Wildman–Crippen LogP) is 5.17. The molecule has 1 aromatic carbocycles. The third-order valence-corrected chi connectivity index (χ3v) is 3.80. The summed E-state index contributed by atoms with van der Waals surface area (Å²) in [5, 5.41) is 0.795. The highest BCUT2D eigenvalue weighted by molar-refractivity contribution is 9.10. The van der Waals surface area contributed by atoms with Gasteiger partial charge in [0.15, 0.2) is 11.5 Å². The number of benzene rings is 1. The summed E-state index contributed by atoms with van der Waals surface area (Å²) in [6, 6.07) is 4.05. The first-order chi connectivity index (χ1) is 8.47. The van der Waals surface area contributed by atoms with Gasteiger partial charge in [-0.25, -0.2) is 0 Å². The molecule has 1 atom stereocenters. The lowest BCUT2D eigenvalue weighted by Gasteiger charge is -2.20. The summed E-state index contributed by atoms with van der Waals surface area (Å²) in [6.45, 7) is 6.48. The molecule has 0 bridgehead atoms. The molecule has 0 saturated carbocycles. The van der Waals surface area contributed by atoms with Crippen molar-refractivity contribution in [2.75, 3.05) is 7.11 Å². The van der Waals surface area contributed by atoms with Crippen LogP contribution in [-0.4, -0.2) is 13.2 Å². The van der Waals surface area contributed by atoms with Crippen molar-refractivity contribution in [3.63, 3.8) is 0 Å². The van der Waals surface area contributed by atoms with Gasteiger partial charge < -0.3 is 9.47 Å². The van der Waals surface area contributed by atoms with E-state index in [9.17, 15) is 0 Å². The molecule has 0 aliphatic heterocycles. The summed E-state index contributed by atoms with van der Waals surface area (Å²) in [5.41, 5.74) is 1.16. The van der Waals surface area contributed by atoms with Crippen molar-refractivity contribution in [3.05, 3.63) is 22.2 Å². The Kier molecular flexibility index (Phi) is 6.50. The van der Waals surface area contributed by atoms with Crippen LogP contribution in [-0.2, 0) is 5.33 Å². The summed E-state index contributed by atoms with van der Waals surface area (Å²) < 4.78 is 12.3. The third-order valence-electron chi connectivity index (χ3n) is 2.57. The van der Waals surface area contributed by atoms with E-state index in [4.69, 9.17) is 9.47 Å². The van der Waals surface area contributed by atoms with Gasteiger partial charge in [-0.05, 0) is 52.9 Å². The number of alkyl halides is 1. The summed E-state index contributed by atoms with van der Waals surface area (Å²) in [5.74, 6) is 2.18. The summed E-state index contributed by atoms with van der Waals surface area (Å²) >= 11 is 6.99. The fourth-order valence-corrected chi connectivity index (χ4v) is 2.78. The first-order valence-electron chi connectivity index (χ1n) is 6.07. The van der Waals surface area contributed by atoms with E-state index >= 15 is 0 Å². The van der Waals surface area contributed by atoms with Gasteiger partial charge in [-0.1, -0.05) is 29.8 Å². The largest absolute Gasteiger partial charge is 0.493 e. The Labute approximate surface area is 126 Å². The highest BCUT2D eigenvalue weighted by Crippen LogP contribution is 2.38. The van der Waals surface area contributed by atoms with Crippen molar-refractivity contribution in [1.82, 2.24) is 0 Å². The molecule has 0 spiro atoms. The number of rotatable bonds is 6. The maximum absolute atomic E-state index is 5.99. The molecule has 0 aromatic heterocycles. The first-order valence-corrected chi connectivity index (χ1v) is 7.98. The summed E-state index contributed by atoms with van der Waals surface area (Å²) in [6.07, 6.45) is 1.19. The van der Waals surface area contributed by atoms with Gasteiger partial charge >= 0.3 is 0 Å². The summed E-state index contributed by atoms with van der Waals surface area (Å²) in [7, 11) is 1.67. The van der Waals surface area contributed by atoms with E-state index < -0.39 is 0 Å². The van der Waals surface area contributed by atoms with Crippen molar-refractivity contribution in [2.24, 2.45) is 5.92 Å². The molecule has 18 heavy (non-hydrogen) atoms. The fraction of sp³-hybridized carbons (Fsp3) is 0.571. The second-order valence-corrected chi connectivity index (χ2v) is 6.22. The van der Waals surface area contributed by atoms with Crippen LogP contribution in [0, 0.1) is 5.92 Å². The van der Waals surface area contributed by atoms with E-state index in [-0.39, 0.29) is 6.10 Å². The minimum atomic E-state index is 0.171. The van der Waals surface area contributed by atoms with Crippen LogP contribution < -0.4 is 9.47 Å². The minimum Gasteiger partial charge on any atom is -0.493 e. The van der Waals surface area contributed by atoms with Gasteiger partial charge in [0.2, 0.25) is 0 Å². The molecular weight excluding hydrogens is 360 g/mol. The third kappa shape index (κ3) is 4.47. The van der Waals surface area contributed by atoms with Crippen molar-refractivity contribution in [1.29, 1.82) is 0 Å². The quantitative estimate of drug-likeness (QED) is 0.635. The molecular formula is C14H20Br2O2. The van der Waals surface area contributed by atoms with Gasteiger partial charge in [0.05, 0.1) is 17.7 Å². The van der Waals surface area contributed by atoms with Gasteiger partial charge in [-0.3, -0.25) is 0 Å². The second-order valence-electron chi connectivity index (χ2n) is 4.80. The predicted molar refractivity (Wildman–Crippen MR) is 82.9 cm³/mol. The highest BCUT2D eigenvalue weighted by Gasteiger charge is 2.15. The Bertz CT molecular complexity index is 392. The number of hydrogen-bond acceptors (Lipinski definition) is 2. The maximum Gasteiger partial charge on any atom is 0.175 e. The van der Waals surface area contributed by atoms with Crippen LogP contribution in [0.3, 0.4) is 0 Å². The molecule has 0 saturated heterocycles. The second kappa shape index (κ2) is 7.39. The molecule has 1 unspecified atom stereocenters. The molecule has 0 aliphatic carbocycles. The standard InChI is InChI=1S/C14H20Br2O2/c1-9(2)5-10(3)18-14-12(16)6-11(8-15)7-13(14)17-4/h6-7,9-10H,5,8H2,1-4H3. The monoisotopic (exact) mass is 378 g/mol. The number of methoxy groups -OCH3 is 1. The van der Waals surface area contributed by atoms with Crippen molar-refractivity contribution in [2.45, 2.75) is 38.6 Å². The van der Waals surface area contributed by atoms with Crippen LogP contribution in [0.25, 0.3) is 0 Å². The number of hydrogen-bond donors (Lipinski definition) is 0. The van der Waals surface area contributed by atoms with Crippen molar-refractivity contribution in [3.8, 4) is 11.5 Å². The smallest absolute Gasteiger partial charge is 0.175 e. The minimum absolute atomic E-state index is 0.171. The zero-order chi connectivity index (χ0) is 13.7. The molecule has 2 nitrogen and oxygen atoms in total. The van der Waals surface area contributed by atoms with Crippen LogP contribution in [0.1, 0.15) is 32.8 Å². The number of ether oxygens (including phenoxy) is 2. The Morgan fingerprint density at radius 2 is 1.89 bits per heavy atom. The SMILES string of the molecule is COc1cc(CBr)cc(Br)c1OC(C)CC(C)C. The maximum atomic E-state index is 5.99. The Morgan fingerprint density at radius 1 is 1.22 bits per heavy atom. The molecule has 0 radical (unpaired) electrons. The van der Waals surface area contributed by atoms with E-state index in [0.29, 0.717) is 5.92 Å². The van der Waals surface area contributed by atoms with Crippen LogP contribution in [0.15, 0.2) is 16.6 Å². The molecule has 0 N–H and O–H groups in total. The molecule has 1 rings (SSSR count). The molecule has 0 heterocycles. The molecule has 1 aromatic rings. The van der Waals surface area contributed by atoms with Crippen molar-refractivity contribution < 1.29 is 9.47 Å². The average Bonchev–Trinajstić information content (AvgIpc) is 2.30. The highest BCUT2D eigenvalue weighted by atomic mass is 79.9. The number of halogens is 2. The van der Waals surface area contributed by atoms with E-state index in [1.807, 2.05) is 6.07 Å². The lowest BCUT2D eigenvalue weighted by Crippen LogP contribution is -2.15. The van der Waals surface area contributed by atoms with Crippen LogP contribution in [0.2, 0.25) is 0 Å². The van der Waals surface area contributed by atoms with Gasteiger partial charge in [0.25, 0.3) is 0 Å². The molecule has 4 heteroatoms. The van der Waals surface area contributed by atoms with Gasteiger partial charge in [-0.2, -0.15) is 0 Å². The Balaban J connectivity index is 2.93. The fourth-order valence-electron chi connectivity index (χ4n) is 1.88. The zero-order valence-corrected chi connectivity index (χ0v) is 14.5. The normalized spacial score (nSPS) is 12.6. The molecule has 0 aliphatic rings. The first kappa shape index (κ1) is 15.8. The van der Waals surface area contributed by atoms with E-state index in [2.05, 4.69) is 58.7 Å².